The minimum Gasteiger partial charge on any atom is -0.480 e. The van der Waals surface area contributed by atoms with Crippen LogP contribution >= 0.6 is 0 Å². The molecular weight excluding hydrogens is 362 g/mol. The molecule has 0 rings (SSSR count). The fourth-order valence-electron chi connectivity index (χ4n) is 1.93. The Labute approximate surface area is 155 Å². The maximum atomic E-state index is 12.4. The van der Waals surface area contributed by atoms with Crippen molar-refractivity contribution in [2.75, 3.05) is 6.54 Å². The van der Waals surface area contributed by atoms with Crippen LogP contribution in [0.1, 0.15) is 26.2 Å². The van der Waals surface area contributed by atoms with Gasteiger partial charge in [-0.3, -0.25) is 19.4 Å². The van der Waals surface area contributed by atoms with Crippen molar-refractivity contribution in [2.24, 2.45) is 27.9 Å². The number of aliphatic hydroxyl groups excluding tert-OH is 1. The van der Waals surface area contributed by atoms with E-state index >= 15 is 0 Å². The molecule has 13 nitrogen and oxygen atoms in total. The van der Waals surface area contributed by atoms with Gasteiger partial charge in [-0.15, -0.1) is 0 Å². The molecule has 3 amide bonds. The molecule has 27 heavy (non-hydrogen) atoms. The van der Waals surface area contributed by atoms with E-state index in [4.69, 9.17) is 28.0 Å². The second kappa shape index (κ2) is 11.6. The predicted molar refractivity (Wildman–Crippen MR) is 94.9 cm³/mol. The fourth-order valence-corrected chi connectivity index (χ4v) is 1.93. The zero-order chi connectivity index (χ0) is 21.1. The Bertz CT molecular complexity index is 576. The lowest BCUT2D eigenvalue weighted by atomic mass is 10.1. The summed E-state index contributed by atoms with van der Waals surface area (Å²) < 4.78 is 0. The number of carboxylic acids is 1. The summed E-state index contributed by atoms with van der Waals surface area (Å²) in [6.45, 7) is 1.46. The summed E-state index contributed by atoms with van der Waals surface area (Å²) in [7, 11) is 0. The van der Waals surface area contributed by atoms with E-state index in [1.165, 1.54) is 6.92 Å². The number of nitrogens with zero attached hydrogens (tertiary/aromatic N) is 1. The summed E-state index contributed by atoms with van der Waals surface area (Å²) in [5, 5.41) is 22.9. The molecule has 0 heterocycles. The Balaban J connectivity index is 5.14. The quantitative estimate of drug-likeness (QED) is 0.0911. The fraction of sp³-hybridized carbons (Fsp3) is 0.643. The van der Waals surface area contributed by atoms with Gasteiger partial charge in [0.2, 0.25) is 17.7 Å². The highest BCUT2D eigenvalue weighted by atomic mass is 16.4. The Kier molecular flexibility index (Phi) is 10.4. The molecule has 0 radical (unpaired) electrons. The van der Waals surface area contributed by atoms with Crippen LogP contribution in [0.15, 0.2) is 4.99 Å². The van der Waals surface area contributed by atoms with Crippen molar-refractivity contribution in [3.05, 3.63) is 0 Å². The van der Waals surface area contributed by atoms with Crippen LogP contribution in [0.25, 0.3) is 0 Å². The van der Waals surface area contributed by atoms with E-state index in [9.17, 15) is 24.3 Å². The number of carbonyl (C=O) groups excluding carboxylic acids is 3. The molecule has 0 aromatic carbocycles. The molecular formula is C14H27N7O6. The van der Waals surface area contributed by atoms with Crippen molar-refractivity contribution in [1.29, 1.82) is 0 Å². The highest BCUT2D eigenvalue weighted by Gasteiger charge is 2.29. The second-order valence-electron chi connectivity index (χ2n) is 5.85. The molecule has 0 aromatic heterocycles. The molecule has 0 aromatic rings. The Morgan fingerprint density at radius 1 is 1.04 bits per heavy atom. The monoisotopic (exact) mass is 389 g/mol. The molecule has 0 saturated heterocycles. The van der Waals surface area contributed by atoms with E-state index in [-0.39, 0.29) is 25.3 Å². The molecule has 154 valence electrons. The summed E-state index contributed by atoms with van der Waals surface area (Å²) in [6, 6.07) is -4.04. The number of nitrogens with two attached hydrogens (primary N) is 4. The Morgan fingerprint density at radius 3 is 2.04 bits per heavy atom. The number of aliphatic imine (C=N–C) groups is 1. The SMILES string of the molecule is C[C@@H](O)[C@H](N)C(=O)N[C@@H](CCCN=C(N)N)C(=O)N[C@@H](CC(N)=O)C(=O)O. The van der Waals surface area contributed by atoms with Gasteiger partial charge in [-0.1, -0.05) is 0 Å². The van der Waals surface area contributed by atoms with E-state index in [1.54, 1.807) is 0 Å². The summed E-state index contributed by atoms with van der Waals surface area (Å²) in [5.41, 5.74) is 20.9. The van der Waals surface area contributed by atoms with Crippen LogP contribution in [0.5, 0.6) is 0 Å². The average molecular weight is 389 g/mol. The van der Waals surface area contributed by atoms with Gasteiger partial charge in [0, 0.05) is 6.54 Å². The Morgan fingerprint density at radius 2 is 1.59 bits per heavy atom. The summed E-state index contributed by atoms with van der Waals surface area (Å²) >= 11 is 0. The van der Waals surface area contributed by atoms with Crippen LogP contribution < -0.4 is 33.6 Å². The average Bonchev–Trinajstić information content (AvgIpc) is 2.54. The van der Waals surface area contributed by atoms with E-state index in [1.807, 2.05) is 0 Å². The number of primary amides is 1. The van der Waals surface area contributed by atoms with E-state index < -0.39 is 54.3 Å². The predicted octanol–water partition coefficient (Wildman–Crippen LogP) is -4.32. The number of nitrogens with one attached hydrogen (secondary N) is 2. The Hall–Kier alpha value is -2.93. The van der Waals surface area contributed by atoms with Crippen molar-refractivity contribution in [1.82, 2.24) is 10.6 Å². The lowest BCUT2D eigenvalue weighted by Crippen LogP contribution is -2.56. The summed E-state index contributed by atoms with van der Waals surface area (Å²) in [6.07, 6.45) is -1.47. The van der Waals surface area contributed by atoms with Crippen LogP contribution in [0, 0.1) is 0 Å². The van der Waals surface area contributed by atoms with Gasteiger partial charge < -0.3 is 43.8 Å². The van der Waals surface area contributed by atoms with E-state index in [2.05, 4.69) is 15.6 Å². The number of carboxylic acid groups (broad SMARTS) is 1. The van der Waals surface area contributed by atoms with Gasteiger partial charge in [0.1, 0.15) is 18.1 Å². The number of rotatable bonds is 12. The number of aliphatic carboxylic acids is 1. The summed E-state index contributed by atoms with van der Waals surface area (Å²) in [4.78, 5) is 50.2. The number of amides is 3. The van der Waals surface area contributed by atoms with Crippen LogP contribution in [-0.2, 0) is 19.2 Å². The third-order valence-electron chi connectivity index (χ3n) is 3.42. The highest BCUT2D eigenvalue weighted by Crippen LogP contribution is 2.03. The molecule has 12 N–H and O–H groups in total. The number of hydrogen-bond donors (Lipinski definition) is 8. The first kappa shape index (κ1) is 24.1. The number of aliphatic hydroxyl groups is 1. The molecule has 0 aliphatic carbocycles. The first-order chi connectivity index (χ1) is 12.5. The first-order valence-corrected chi connectivity index (χ1v) is 8.06. The second-order valence-corrected chi connectivity index (χ2v) is 5.85. The number of guanidine groups is 1. The minimum atomic E-state index is -1.56. The van der Waals surface area contributed by atoms with Gasteiger partial charge in [0.25, 0.3) is 0 Å². The van der Waals surface area contributed by atoms with Crippen LogP contribution in [0.4, 0.5) is 0 Å². The van der Waals surface area contributed by atoms with Crippen molar-refractivity contribution >= 4 is 29.7 Å². The van der Waals surface area contributed by atoms with E-state index in [0.29, 0.717) is 0 Å². The van der Waals surface area contributed by atoms with Gasteiger partial charge in [-0.05, 0) is 19.8 Å². The van der Waals surface area contributed by atoms with Crippen molar-refractivity contribution in [3.8, 4) is 0 Å². The lowest BCUT2D eigenvalue weighted by molar-refractivity contribution is -0.143. The molecule has 4 atom stereocenters. The molecule has 0 unspecified atom stereocenters. The third-order valence-corrected chi connectivity index (χ3v) is 3.42. The van der Waals surface area contributed by atoms with Gasteiger partial charge in [0.05, 0.1) is 12.5 Å². The van der Waals surface area contributed by atoms with Crippen LogP contribution in [-0.4, -0.2) is 70.6 Å². The highest BCUT2D eigenvalue weighted by molar-refractivity contribution is 5.93. The lowest BCUT2D eigenvalue weighted by Gasteiger charge is -2.23. The van der Waals surface area contributed by atoms with Crippen molar-refractivity contribution in [2.45, 2.75) is 50.4 Å². The number of hydrogen-bond acceptors (Lipinski definition) is 7. The van der Waals surface area contributed by atoms with Gasteiger partial charge >= 0.3 is 5.97 Å². The van der Waals surface area contributed by atoms with Crippen LogP contribution in [0.2, 0.25) is 0 Å². The minimum absolute atomic E-state index is 0.0454. The smallest absolute Gasteiger partial charge is 0.326 e. The molecule has 0 bridgehead atoms. The van der Waals surface area contributed by atoms with Crippen molar-refractivity contribution in [3.63, 3.8) is 0 Å². The summed E-state index contributed by atoms with van der Waals surface area (Å²) in [5.74, 6) is -4.21. The standard InChI is InChI=1S/C14H27N7O6/c1-6(22)10(16)12(25)20-7(3-2-4-19-14(17)18)11(24)21-8(13(26)27)5-9(15)23/h6-8,10,22H,2-5,16H2,1H3,(H2,15,23)(H,20,25)(H,21,24)(H,26,27)(H4,17,18,19)/t6-,7+,8+,10+/m1/s1. The van der Waals surface area contributed by atoms with Crippen LogP contribution in [0.3, 0.4) is 0 Å². The zero-order valence-corrected chi connectivity index (χ0v) is 14.9. The largest absolute Gasteiger partial charge is 0.480 e. The number of carbonyl (C=O) groups is 4. The maximum absolute atomic E-state index is 12.4. The van der Waals surface area contributed by atoms with E-state index in [0.717, 1.165) is 0 Å². The zero-order valence-electron chi connectivity index (χ0n) is 14.9. The van der Waals surface area contributed by atoms with Crippen molar-refractivity contribution < 1.29 is 29.4 Å². The van der Waals surface area contributed by atoms with Gasteiger partial charge in [0.15, 0.2) is 5.96 Å². The van der Waals surface area contributed by atoms with Gasteiger partial charge in [-0.2, -0.15) is 0 Å². The molecule has 0 saturated carbocycles. The molecule has 13 heteroatoms. The third kappa shape index (κ3) is 9.96. The maximum Gasteiger partial charge on any atom is 0.326 e. The normalized spacial score (nSPS) is 14.9. The molecule has 0 aliphatic rings. The first-order valence-electron chi connectivity index (χ1n) is 8.06. The molecule has 0 fully saturated rings. The molecule has 0 aliphatic heterocycles. The van der Waals surface area contributed by atoms with Gasteiger partial charge in [-0.25, -0.2) is 4.79 Å². The topological polar surface area (TPSA) is 249 Å². The molecule has 0 spiro atoms.